The van der Waals surface area contributed by atoms with Gasteiger partial charge in [-0.05, 0) is 57.2 Å². The maximum atomic E-state index is 12.3. The zero-order valence-corrected chi connectivity index (χ0v) is 15.8. The number of nitrogens with one attached hydrogen (secondary N) is 2. The Morgan fingerprint density at radius 3 is 2.38 bits per heavy atom. The summed E-state index contributed by atoms with van der Waals surface area (Å²) in [6.07, 6.45) is 0.925. The van der Waals surface area contributed by atoms with Gasteiger partial charge in [0, 0.05) is 12.2 Å². The largest absolute Gasteiger partial charge is 0.481 e. The van der Waals surface area contributed by atoms with Crippen LogP contribution in [0.1, 0.15) is 26.5 Å². The third-order valence-corrected chi connectivity index (χ3v) is 4.83. The van der Waals surface area contributed by atoms with Gasteiger partial charge in [-0.3, -0.25) is 9.78 Å². The number of ether oxygens (including phenoxy) is 1. The van der Waals surface area contributed by atoms with Gasteiger partial charge in [0.2, 0.25) is 10.0 Å². The molecule has 0 fully saturated rings. The molecule has 0 saturated heterocycles. The van der Waals surface area contributed by atoms with E-state index in [1.807, 2.05) is 13.8 Å². The molecule has 8 heteroatoms. The first-order valence-electron chi connectivity index (χ1n) is 8.24. The summed E-state index contributed by atoms with van der Waals surface area (Å²) in [5, 5.41) is 2.75. The van der Waals surface area contributed by atoms with Crippen molar-refractivity contribution in [3.8, 4) is 5.75 Å². The van der Waals surface area contributed by atoms with E-state index in [9.17, 15) is 13.2 Å². The maximum absolute atomic E-state index is 12.3. The van der Waals surface area contributed by atoms with Crippen LogP contribution in [-0.2, 0) is 21.4 Å². The van der Waals surface area contributed by atoms with Crippen molar-refractivity contribution in [2.75, 3.05) is 0 Å². The van der Waals surface area contributed by atoms with Gasteiger partial charge >= 0.3 is 0 Å². The maximum Gasteiger partial charge on any atom is 0.260 e. The molecule has 2 rings (SSSR count). The Morgan fingerprint density at radius 1 is 1.12 bits per heavy atom. The normalized spacial score (nSPS) is 12.6. The van der Waals surface area contributed by atoms with Gasteiger partial charge in [0.25, 0.3) is 5.91 Å². The molecule has 140 valence electrons. The van der Waals surface area contributed by atoms with E-state index >= 15 is 0 Å². The van der Waals surface area contributed by atoms with Crippen molar-refractivity contribution in [1.82, 2.24) is 15.0 Å². The van der Waals surface area contributed by atoms with Crippen LogP contribution in [0.3, 0.4) is 0 Å². The monoisotopic (exact) mass is 377 g/mol. The number of carbonyl (C=O) groups is 1. The average Bonchev–Trinajstić information content (AvgIpc) is 2.61. The van der Waals surface area contributed by atoms with Crippen LogP contribution in [0.4, 0.5) is 0 Å². The molecule has 0 aliphatic carbocycles. The highest BCUT2D eigenvalue weighted by molar-refractivity contribution is 7.89. The summed E-state index contributed by atoms with van der Waals surface area (Å²) >= 11 is 0. The van der Waals surface area contributed by atoms with E-state index in [1.165, 1.54) is 24.3 Å². The standard InChI is InChI=1S/C18H23N3O4S/c1-13(2)21-18(22)14(3)25-16-7-9-17(10-8-16)26(23,24)20-12-15-6-4-5-11-19-15/h4-11,13-14,20H,12H2,1-3H3,(H,21,22). The number of amides is 1. The zero-order chi connectivity index (χ0) is 19.2. The molecule has 1 aromatic carbocycles. The third kappa shape index (κ3) is 5.82. The Kier molecular flexibility index (Phi) is 6.70. The number of benzene rings is 1. The molecule has 2 N–H and O–H groups in total. The molecular weight excluding hydrogens is 354 g/mol. The number of nitrogens with zero attached hydrogens (tertiary/aromatic N) is 1. The van der Waals surface area contributed by atoms with Crippen molar-refractivity contribution in [3.63, 3.8) is 0 Å². The van der Waals surface area contributed by atoms with Gasteiger partial charge in [0.1, 0.15) is 5.75 Å². The minimum absolute atomic E-state index is 0.0197. The van der Waals surface area contributed by atoms with Crippen molar-refractivity contribution in [2.45, 2.75) is 44.4 Å². The zero-order valence-electron chi connectivity index (χ0n) is 15.0. The van der Waals surface area contributed by atoms with Crippen LogP contribution in [0.25, 0.3) is 0 Å². The minimum atomic E-state index is -3.66. The quantitative estimate of drug-likeness (QED) is 0.732. The minimum Gasteiger partial charge on any atom is -0.481 e. The molecule has 1 amide bonds. The van der Waals surface area contributed by atoms with E-state index in [2.05, 4.69) is 15.0 Å². The molecular formula is C18H23N3O4S. The first kappa shape index (κ1) is 19.9. The Labute approximate surface area is 153 Å². The van der Waals surface area contributed by atoms with Gasteiger partial charge in [-0.2, -0.15) is 0 Å². The van der Waals surface area contributed by atoms with Crippen LogP contribution < -0.4 is 14.8 Å². The number of hydrogen-bond donors (Lipinski definition) is 2. The summed E-state index contributed by atoms with van der Waals surface area (Å²) in [6.45, 7) is 5.47. The highest BCUT2D eigenvalue weighted by atomic mass is 32.2. The lowest BCUT2D eigenvalue weighted by atomic mass is 10.3. The van der Waals surface area contributed by atoms with Crippen LogP contribution in [0.2, 0.25) is 0 Å². The first-order chi connectivity index (χ1) is 12.3. The highest BCUT2D eigenvalue weighted by Crippen LogP contribution is 2.17. The fourth-order valence-corrected chi connectivity index (χ4v) is 3.11. The van der Waals surface area contributed by atoms with Gasteiger partial charge in [0.15, 0.2) is 6.10 Å². The Balaban J connectivity index is 1.98. The summed E-state index contributed by atoms with van der Waals surface area (Å²) in [6, 6.07) is 11.2. The van der Waals surface area contributed by atoms with Gasteiger partial charge in [0.05, 0.1) is 17.1 Å². The average molecular weight is 377 g/mol. The second-order valence-electron chi connectivity index (χ2n) is 6.04. The molecule has 1 heterocycles. The second-order valence-corrected chi connectivity index (χ2v) is 7.81. The van der Waals surface area contributed by atoms with E-state index in [0.29, 0.717) is 11.4 Å². The van der Waals surface area contributed by atoms with Gasteiger partial charge in [-0.25, -0.2) is 13.1 Å². The topological polar surface area (TPSA) is 97.4 Å². The number of pyridine rings is 1. The second kappa shape index (κ2) is 8.77. The van der Waals surface area contributed by atoms with E-state index < -0.39 is 16.1 Å². The lowest BCUT2D eigenvalue weighted by molar-refractivity contribution is -0.127. The van der Waals surface area contributed by atoms with Gasteiger partial charge in [-0.1, -0.05) is 6.07 Å². The summed E-state index contributed by atoms with van der Waals surface area (Å²) in [4.78, 5) is 16.0. The molecule has 0 aliphatic heterocycles. The number of rotatable bonds is 8. The summed E-state index contributed by atoms with van der Waals surface area (Å²) in [5.41, 5.74) is 0.626. The van der Waals surface area contributed by atoms with Crippen molar-refractivity contribution < 1.29 is 17.9 Å². The molecule has 1 atom stereocenters. The van der Waals surface area contributed by atoms with E-state index in [1.54, 1.807) is 31.3 Å². The number of carbonyl (C=O) groups excluding carboxylic acids is 1. The number of sulfonamides is 1. The summed E-state index contributed by atoms with van der Waals surface area (Å²) < 4.78 is 32.7. The predicted molar refractivity (Wildman–Crippen MR) is 98.1 cm³/mol. The molecule has 1 aromatic heterocycles. The third-order valence-electron chi connectivity index (χ3n) is 3.42. The van der Waals surface area contributed by atoms with Crippen LogP contribution in [0.15, 0.2) is 53.6 Å². The lowest BCUT2D eigenvalue weighted by Gasteiger charge is -2.16. The molecule has 26 heavy (non-hydrogen) atoms. The Morgan fingerprint density at radius 2 is 1.81 bits per heavy atom. The Hall–Kier alpha value is -2.45. The van der Waals surface area contributed by atoms with E-state index in [4.69, 9.17) is 4.74 Å². The van der Waals surface area contributed by atoms with E-state index in [-0.39, 0.29) is 23.4 Å². The first-order valence-corrected chi connectivity index (χ1v) is 9.73. The van der Waals surface area contributed by atoms with E-state index in [0.717, 1.165) is 0 Å². The number of hydrogen-bond acceptors (Lipinski definition) is 5. The molecule has 0 radical (unpaired) electrons. The van der Waals surface area contributed by atoms with Gasteiger partial charge < -0.3 is 10.1 Å². The molecule has 0 spiro atoms. The van der Waals surface area contributed by atoms with Crippen LogP contribution in [-0.4, -0.2) is 31.5 Å². The van der Waals surface area contributed by atoms with Crippen molar-refractivity contribution >= 4 is 15.9 Å². The summed E-state index contributed by atoms with van der Waals surface area (Å²) in [5.74, 6) is 0.189. The summed E-state index contributed by atoms with van der Waals surface area (Å²) in [7, 11) is -3.66. The number of aromatic nitrogens is 1. The van der Waals surface area contributed by atoms with Crippen LogP contribution >= 0.6 is 0 Å². The molecule has 2 aromatic rings. The van der Waals surface area contributed by atoms with Crippen LogP contribution in [0.5, 0.6) is 5.75 Å². The fourth-order valence-electron chi connectivity index (χ4n) is 2.11. The molecule has 0 aliphatic rings. The molecule has 0 saturated carbocycles. The lowest BCUT2D eigenvalue weighted by Crippen LogP contribution is -2.40. The fraction of sp³-hybridized carbons (Fsp3) is 0.333. The molecule has 7 nitrogen and oxygen atoms in total. The molecule has 0 bridgehead atoms. The Bertz CT molecular complexity index is 821. The van der Waals surface area contributed by atoms with Crippen molar-refractivity contribution in [2.24, 2.45) is 0 Å². The highest BCUT2D eigenvalue weighted by Gasteiger charge is 2.17. The van der Waals surface area contributed by atoms with Gasteiger partial charge in [-0.15, -0.1) is 0 Å². The van der Waals surface area contributed by atoms with Crippen LogP contribution in [0, 0.1) is 0 Å². The van der Waals surface area contributed by atoms with Crippen molar-refractivity contribution in [1.29, 1.82) is 0 Å². The smallest absolute Gasteiger partial charge is 0.260 e. The predicted octanol–water partition coefficient (Wildman–Crippen LogP) is 1.85. The molecule has 1 unspecified atom stereocenters. The van der Waals surface area contributed by atoms with Crippen molar-refractivity contribution in [3.05, 3.63) is 54.4 Å². The SMILES string of the molecule is CC(C)NC(=O)C(C)Oc1ccc(S(=O)(=O)NCc2ccccn2)cc1.